The molecule has 124 valence electrons. The van der Waals surface area contributed by atoms with Gasteiger partial charge in [0, 0.05) is 6.42 Å². The molecule has 0 spiro atoms. The summed E-state index contributed by atoms with van der Waals surface area (Å²) in [6.07, 6.45) is 5.14. The molecule has 0 aromatic carbocycles. The maximum atomic E-state index is 12.1. The molecular weight excluding hydrogens is 268 g/mol. The van der Waals surface area contributed by atoms with Crippen LogP contribution in [0.25, 0.3) is 0 Å². The number of hydrogen-bond acceptors (Lipinski definition) is 3. The number of unbranched alkanes of at least 4 members (excludes halogenated alkanes) is 1. The molecule has 0 aromatic heterocycles. The first-order chi connectivity index (χ1) is 9.81. The van der Waals surface area contributed by atoms with E-state index < -0.39 is 12.0 Å². The average Bonchev–Trinajstić information content (AvgIpc) is 2.42. The zero-order valence-electron chi connectivity index (χ0n) is 14.0. The number of hydrazine groups is 1. The highest BCUT2D eigenvalue weighted by Crippen LogP contribution is 2.20. The lowest BCUT2D eigenvalue weighted by Crippen LogP contribution is -2.47. The first-order valence-corrected chi connectivity index (χ1v) is 8.10. The number of rotatable bonds is 11. The molecule has 0 rings (SSSR count). The lowest BCUT2D eigenvalue weighted by atomic mass is 9.94. The predicted octanol–water partition coefficient (Wildman–Crippen LogP) is 3.18. The number of amides is 1. The van der Waals surface area contributed by atoms with E-state index in [1.807, 2.05) is 13.8 Å². The molecule has 0 heterocycles. The fraction of sp³-hybridized carbons (Fsp3) is 0.875. The lowest BCUT2D eigenvalue weighted by molar-refractivity contribution is -0.141. The third-order valence-corrected chi connectivity index (χ3v) is 4.04. The minimum atomic E-state index is -0.908. The Labute approximate surface area is 128 Å². The Bertz CT molecular complexity index is 321. The summed E-state index contributed by atoms with van der Waals surface area (Å²) in [7, 11) is 0. The van der Waals surface area contributed by atoms with Crippen molar-refractivity contribution in [2.75, 3.05) is 0 Å². The van der Waals surface area contributed by atoms with Gasteiger partial charge in [0.15, 0.2) is 0 Å². The van der Waals surface area contributed by atoms with Gasteiger partial charge in [0.1, 0.15) is 0 Å². The monoisotopic (exact) mass is 300 g/mol. The third-order valence-electron chi connectivity index (χ3n) is 4.04. The van der Waals surface area contributed by atoms with Gasteiger partial charge in [0.05, 0.1) is 12.5 Å². The van der Waals surface area contributed by atoms with Crippen LogP contribution in [0.4, 0.5) is 0 Å². The van der Waals surface area contributed by atoms with E-state index in [0.29, 0.717) is 18.8 Å². The van der Waals surface area contributed by atoms with Crippen molar-refractivity contribution >= 4 is 11.9 Å². The maximum absolute atomic E-state index is 12.1. The molecule has 0 aliphatic carbocycles. The van der Waals surface area contributed by atoms with Crippen LogP contribution in [-0.2, 0) is 9.59 Å². The minimum Gasteiger partial charge on any atom is -0.481 e. The van der Waals surface area contributed by atoms with Gasteiger partial charge in [-0.3, -0.25) is 14.6 Å². The maximum Gasteiger partial charge on any atom is 0.305 e. The second kappa shape index (κ2) is 10.6. The molecule has 3 unspecified atom stereocenters. The van der Waals surface area contributed by atoms with Crippen molar-refractivity contribution in [1.29, 1.82) is 0 Å². The van der Waals surface area contributed by atoms with Crippen molar-refractivity contribution < 1.29 is 14.7 Å². The van der Waals surface area contributed by atoms with Crippen LogP contribution in [0.1, 0.15) is 72.6 Å². The molecule has 0 aromatic rings. The van der Waals surface area contributed by atoms with Crippen LogP contribution in [0.15, 0.2) is 0 Å². The van der Waals surface area contributed by atoms with Gasteiger partial charge in [-0.25, -0.2) is 5.84 Å². The van der Waals surface area contributed by atoms with E-state index in [0.717, 1.165) is 25.7 Å². The number of hydrogen-bond donors (Lipinski definition) is 2. The highest BCUT2D eigenvalue weighted by molar-refractivity contribution is 5.77. The van der Waals surface area contributed by atoms with Gasteiger partial charge < -0.3 is 5.11 Å². The second-order valence-corrected chi connectivity index (χ2v) is 6.25. The summed E-state index contributed by atoms with van der Waals surface area (Å²) in [5, 5.41) is 10.2. The summed E-state index contributed by atoms with van der Waals surface area (Å²) in [5.41, 5.74) is 0. The molecule has 0 saturated carbocycles. The first kappa shape index (κ1) is 19.9. The van der Waals surface area contributed by atoms with E-state index in [4.69, 9.17) is 10.9 Å². The molecule has 0 aliphatic heterocycles. The van der Waals surface area contributed by atoms with Crippen molar-refractivity contribution in [3.05, 3.63) is 0 Å². The Hall–Kier alpha value is -1.10. The number of carboxylic acids is 1. The molecule has 5 nitrogen and oxygen atoms in total. The molecule has 0 radical (unpaired) electrons. The fourth-order valence-corrected chi connectivity index (χ4v) is 2.38. The highest BCUT2D eigenvalue weighted by atomic mass is 16.4. The van der Waals surface area contributed by atoms with E-state index in [9.17, 15) is 9.59 Å². The summed E-state index contributed by atoms with van der Waals surface area (Å²) in [6.45, 7) is 8.26. The standard InChI is InChI=1S/C16H32N2O3/c1-5-7-8-13(4)9-14(11-16(20)21)18(17)15(19)10-12(3)6-2/h12-14H,5-11,17H2,1-4H3,(H,20,21). The molecule has 0 saturated heterocycles. The Kier molecular flexibility index (Phi) is 10.0. The van der Waals surface area contributed by atoms with Gasteiger partial charge in [-0.2, -0.15) is 0 Å². The number of carbonyl (C=O) groups excluding carboxylic acids is 1. The number of carboxylic acid groups (broad SMARTS) is 1. The molecule has 0 fully saturated rings. The van der Waals surface area contributed by atoms with Gasteiger partial charge in [0.2, 0.25) is 5.91 Å². The predicted molar refractivity (Wildman–Crippen MR) is 84.5 cm³/mol. The SMILES string of the molecule is CCCCC(C)CC(CC(=O)O)N(N)C(=O)CC(C)CC. The average molecular weight is 300 g/mol. The van der Waals surface area contributed by atoms with Crippen LogP contribution >= 0.6 is 0 Å². The van der Waals surface area contributed by atoms with Crippen LogP contribution in [0.2, 0.25) is 0 Å². The van der Waals surface area contributed by atoms with Gasteiger partial charge in [0.25, 0.3) is 0 Å². The Morgan fingerprint density at radius 3 is 2.24 bits per heavy atom. The zero-order valence-corrected chi connectivity index (χ0v) is 14.0. The summed E-state index contributed by atoms with van der Waals surface area (Å²) in [6, 6.07) is -0.411. The molecular formula is C16H32N2O3. The number of carbonyl (C=O) groups is 2. The number of nitrogens with two attached hydrogens (primary N) is 1. The Balaban J connectivity index is 4.64. The normalized spacial score (nSPS) is 15.3. The van der Waals surface area contributed by atoms with E-state index >= 15 is 0 Å². The van der Waals surface area contributed by atoms with Crippen molar-refractivity contribution in [2.45, 2.75) is 78.7 Å². The van der Waals surface area contributed by atoms with Crippen molar-refractivity contribution in [3.63, 3.8) is 0 Å². The van der Waals surface area contributed by atoms with Gasteiger partial charge >= 0.3 is 5.97 Å². The molecule has 5 heteroatoms. The van der Waals surface area contributed by atoms with E-state index in [-0.39, 0.29) is 18.2 Å². The summed E-state index contributed by atoms with van der Waals surface area (Å²) in [5.74, 6) is 5.49. The zero-order chi connectivity index (χ0) is 16.4. The molecule has 3 N–H and O–H groups in total. The van der Waals surface area contributed by atoms with E-state index in [1.165, 1.54) is 5.01 Å². The Morgan fingerprint density at radius 1 is 1.14 bits per heavy atom. The van der Waals surface area contributed by atoms with Crippen LogP contribution in [0, 0.1) is 11.8 Å². The fourth-order valence-electron chi connectivity index (χ4n) is 2.38. The summed E-state index contributed by atoms with van der Waals surface area (Å²) >= 11 is 0. The molecule has 0 bridgehead atoms. The quantitative estimate of drug-likeness (QED) is 0.349. The van der Waals surface area contributed by atoms with Crippen molar-refractivity contribution in [3.8, 4) is 0 Å². The number of nitrogens with zero attached hydrogens (tertiary/aromatic N) is 1. The highest BCUT2D eigenvalue weighted by Gasteiger charge is 2.25. The van der Waals surface area contributed by atoms with Crippen molar-refractivity contribution in [1.82, 2.24) is 5.01 Å². The molecule has 0 aliphatic rings. The topological polar surface area (TPSA) is 83.6 Å². The van der Waals surface area contributed by atoms with Crippen LogP contribution in [0.5, 0.6) is 0 Å². The Morgan fingerprint density at radius 2 is 1.76 bits per heavy atom. The summed E-state index contributed by atoms with van der Waals surface area (Å²) < 4.78 is 0. The van der Waals surface area contributed by atoms with E-state index in [2.05, 4.69) is 13.8 Å². The van der Waals surface area contributed by atoms with Crippen LogP contribution in [0.3, 0.4) is 0 Å². The third kappa shape index (κ3) is 8.71. The second-order valence-electron chi connectivity index (χ2n) is 6.25. The lowest BCUT2D eigenvalue weighted by Gasteiger charge is -2.29. The van der Waals surface area contributed by atoms with Crippen LogP contribution in [-0.4, -0.2) is 28.0 Å². The van der Waals surface area contributed by atoms with Gasteiger partial charge in [-0.05, 0) is 18.3 Å². The molecule has 1 amide bonds. The van der Waals surface area contributed by atoms with Gasteiger partial charge in [-0.15, -0.1) is 0 Å². The molecule has 21 heavy (non-hydrogen) atoms. The van der Waals surface area contributed by atoms with Gasteiger partial charge in [-0.1, -0.05) is 53.4 Å². The largest absolute Gasteiger partial charge is 0.481 e. The first-order valence-electron chi connectivity index (χ1n) is 8.10. The number of aliphatic carboxylic acids is 1. The van der Waals surface area contributed by atoms with Crippen LogP contribution < -0.4 is 5.84 Å². The minimum absolute atomic E-state index is 0.0841. The van der Waals surface area contributed by atoms with Crippen molar-refractivity contribution in [2.24, 2.45) is 17.7 Å². The molecule has 3 atom stereocenters. The van der Waals surface area contributed by atoms with E-state index in [1.54, 1.807) is 0 Å². The smallest absolute Gasteiger partial charge is 0.305 e. The summed E-state index contributed by atoms with van der Waals surface area (Å²) in [4.78, 5) is 23.2.